The van der Waals surface area contributed by atoms with Crippen LogP contribution < -0.4 is 10.2 Å². The maximum absolute atomic E-state index is 4.68. The SMILES string of the molecule is c1nc(C2CC2)cc(N2CCC(Nc3ccnc(C4CC4)n3)C2)n1. The van der Waals surface area contributed by atoms with Gasteiger partial charge in [-0.25, -0.2) is 19.9 Å². The summed E-state index contributed by atoms with van der Waals surface area (Å²) in [6.45, 7) is 1.99. The Bertz CT molecular complexity index is 740. The van der Waals surface area contributed by atoms with Gasteiger partial charge in [0.25, 0.3) is 0 Å². The summed E-state index contributed by atoms with van der Waals surface area (Å²) in [6.07, 6.45) is 9.72. The molecule has 0 aromatic carbocycles. The summed E-state index contributed by atoms with van der Waals surface area (Å²) in [7, 11) is 0. The van der Waals surface area contributed by atoms with E-state index in [1.807, 2.05) is 12.3 Å². The molecule has 124 valence electrons. The van der Waals surface area contributed by atoms with Crippen LogP contribution in [0.1, 0.15) is 55.5 Å². The van der Waals surface area contributed by atoms with E-state index < -0.39 is 0 Å². The lowest BCUT2D eigenvalue weighted by atomic mass is 10.2. The Morgan fingerprint density at radius 2 is 1.88 bits per heavy atom. The molecule has 3 aliphatic rings. The second-order valence-corrected chi connectivity index (χ2v) is 7.23. The van der Waals surface area contributed by atoms with E-state index in [2.05, 4.69) is 36.2 Å². The molecule has 2 aromatic rings. The molecule has 6 nitrogen and oxygen atoms in total. The Kier molecular flexibility index (Phi) is 3.35. The molecule has 5 rings (SSSR count). The Balaban J connectivity index is 1.25. The number of nitrogens with zero attached hydrogens (tertiary/aromatic N) is 5. The number of nitrogens with one attached hydrogen (secondary N) is 1. The van der Waals surface area contributed by atoms with Crippen molar-refractivity contribution in [3.05, 3.63) is 36.2 Å². The molecule has 6 heteroatoms. The van der Waals surface area contributed by atoms with Gasteiger partial charge < -0.3 is 10.2 Å². The van der Waals surface area contributed by atoms with Gasteiger partial charge in [0, 0.05) is 48.9 Å². The minimum absolute atomic E-state index is 0.409. The van der Waals surface area contributed by atoms with Crippen LogP contribution in [-0.2, 0) is 0 Å². The first-order valence-electron chi connectivity index (χ1n) is 9.01. The average molecular weight is 322 g/mol. The molecule has 2 aromatic heterocycles. The topological polar surface area (TPSA) is 66.8 Å². The van der Waals surface area contributed by atoms with Gasteiger partial charge in [0.15, 0.2) is 0 Å². The zero-order chi connectivity index (χ0) is 15.9. The fraction of sp³-hybridized carbons (Fsp3) is 0.556. The van der Waals surface area contributed by atoms with Gasteiger partial charge in [0.2, 0.25) is 0 Å². The highest BCUT2D eigenvalue weighted by atomic mass is 15.2. The highest BCUT2D eigenvalue weighted by Crippen LogP contribution is 2.40. The monoisotopic (exact) mass is 322 g/mol. The molecule has 3 fully saturated rings. The van der Waals surface area contributed by atoms with Crippen LogP contribution in [0.3, 0.4) is 0 Å². The van der Waals surface area contributed by atoms with E-state index >= 15 is 0 Å². The maximum atomic E-state index is 4.68. The van der Waals surface area contributed by atoms with Gasteiger partial charge in [-0.1, -0.05) is 0 Å². The molecular formula is C18H22N6. The quantitative estimate of drug-likeness (QED) is 0.913. The van der Waals surface area contributed by atoms with E-state index in [4.69, 9.17) is 0 Å². The molecule has 2 saturated carbocycles. The zero-order valence-corrected chi connectivity index (χ0v) is 13.7. The molecule has 3 heterocycles. The predicted molar refractivity (Wildman–Crippen MR) is 92.3 cm³/mol. The lowest BCUT2D eigenvalue weighted by Gasteiger charge is -2.18. The smallest absolute Gasteiger partial charge is 0.133 e. The Labute approximate surface area is 141 Å². The van der Waals surface area contributed by atoms with Crippen LogP contribution >= 0.6 is 0 Å². The highest BCUT2D eigenvalue weighted by Gasteiger charge is 2.29. The first kappa shape index (κ1) is 14.1. The molecule has 1 N–H and O–H groups in total. The number of rotatable bonds is 5. The Morgan fingerprint density at radius 1 is 1.00 bits per heavy atom. The van der Waals surface area contributed by atoms with Crippen LogP contribution in [0.5, 0.6) is 0 Å². The van der Waals surface area contributed by atoms with Gasteiger partial charge in [-0.05, 0) is 38.2 Å². The minimum Gasteiger partial charge on any atom is -0.365 e. The van der Waals surface area contributed by atoms with Gasteiger partial charge in [0.1, 0.15) is 23.8 Å². The van der Waals surface area contributed by atoms with Crippen LogP contribution in [0, 0.1) is 0 Å². The van der Waals surface area contributed by atoms with E-state index in [1.165, 1.54) is 31.4 Å². The van der Waals surface area contributed by atoms with Crippen molar-refractivity contribution >= 4 is 11.6 Å². The third-order valence-corrected chi connectivity index (χ3v) is 5.15. The van der Waals surface area contributed by atoms with Gasteiger partial charge in [-0.2, -0.15) is 0 Å². The summed E-state index contributed by atoms with van der Waals surface area (Å²) in [4.78, 5) is 20.3. The average Bonchev–Trinajstić information content (AvgIpc) is 3.53. The summed E-state index contributed by atoms with van der Waals surface area (Å²) >= 11 is 0. The van der Waals surface area contributed by atoms with Crippen LogP contribution in [0.15, 0.2) is 24.7 Å². The van der Waals surface area contributed by atoms with Crippen molar-refractivity contribution < 1.29 is 0 Å². The maximum Gasteiger partial charge on any atom is 0.133 e. The fourth-order valence-corrected chi connectivity index (χ4v) is 3.42. The second kappa shape index (κ2) is 5.69. The first-order chi connectivity index (χ1) is 11.8. The summed E-state index contributed by atoms with van der Waals surface area (Å²) in [5.41, 5.74) is 1.21. The number of aromatic nitrogens is 4. The van der Waals surface area contributed by atoms with E-state index in [0.29, 0.717) is 17.9 Å². The lowest BCUT2D eigenvalue weighted by Crippen LogP contribution is -2.27. The predicted octanol–water partition coefficient (Wildman–Crippen LogP) is 2.71. The van der Waals surface area contributed by atoms with Crippen LogP contribution in [-0.4, -0.2) is 39.1 Å². The van der Waals surface area contributed by atoms with E-state index in [0.717, 1.165) is 37.0 Å². The van der Waals surface area contributed by atoms with Crippen molar-refractivity contribution in [3.8, 4) is 0 Å². The van der Waals surface area contributed by atoms with Gasteiger partial charge in [0.05, 0.1) is 0 Å². The van der Waals surface area contributed by atoms with Crippen molar-refractivity contribution in [1.29, 1.82) is 0 Å². The molecule has 1 saturated heterocycles. The molecule has 0 amide bonds. The van der Waals surface area contributed by atoms with E-state index in [-0.39, 0.29) is 0 Å². The standard InChI is InChI=1S/C18H22N6/c1-2-12(1)15-9-17(21-11-20-15)24-8-6-14(10-24)22-16-5-7-19-18(23-16)13-3-4-13/h5,7,9,11-14H,1-4,6,8,10H2,(H,19,22,23). The molecule has 24 heavy (non-hydrogen) atoms. The summed E-state index contributed by atoms with van der Waals surface area (Å²) < 4.78 is 0. The van der Waals surface area contributed by atoms with Gasteiger partial charge in [-0.3, -0.25) is 0 Å². The zero-order valence-electron chi connectivity index (χ0n) is 13.7. The summed E-state index contributed by atoms with van der Waals surface area (Å²) in [6, 6.07) is 4.56. The number of hydrogen-bond donors (Lipinski definition) is 1. The Hall–Kier alpha value is -2.24. The fourth-order valence-electron chi connectivity index (χ4n) is 3.42. The first-order valence-corrected chi connectivity index (χ1v) is 9.01. The van der Waals surface area contributed by atoms with Crippen molar-refractivity contribution in [3.63, 3.8) is 0 Å². The molecule has 2 aliphatic carbocycles. The number of hydrogen-bond acceptors (Lipinski definition) is 6. The van der Waals surface area contributed by atoms with Crippen molar-refractivity contribution in [2.24, 2.45) is 0 Å². The minimum atomic E-state index is 0.409. The molecular weight excluding hydrogens is 300 g/mol. The van der Waals surface area contributed by atoms with Crippen molar-refractivity contribution in [1.82, 2.24) is 19.9 Å². The van der Waals surface area contributed by atoms with Crippen LogP contribution in [0.4, 0.5) is 11.6 Å². The highest BCUT2D eigenvalue weighted by molar-refractivity contribution is 5.44. The molecule has 0 bridgehead atoms. The third-order valence-electron chi connectivity index (χ3n) is 5.15. The van der Waals surface area contributed by atoms with Crippen LogP contribution in [0.2, 0.25) is 0 Å². The molecule has 0 radical (unpaired) electrons. The molecule has 1 unspecified atom stereocenters. The molecule has 1 aliphatic heterocycles. The second-order valence-electron chi connectivity index (χ2n) is 7.23. The van der Waals surface area contributed by atoms with E-state index in [1.54, 1.807) is 6.33 Å². The van der Waals surface area contributed by atoms with Gasteiger partial charge >= 0.3 is 0 Å². The third kappa shape index (κ3) is 2.92. The number of anilines is 2. The van der Waals surface area contributed by atoms with Crippen LogP contribution in [0.25, 0.3) is 0 Å². The van der Waals surface area contributed by atoms with Crippen molar-refractivity contribution in [2.75, 3.05) is 23.3 Å². The van der Waals surface area contributed by atoms with E-state index in [9.17, 15) is 0 Å². The lowest BCUT2D eigenvalue weighted by molar-refractivity contribution is 0.792. The largest absolute Gasteiger partial charge is 0.365 e. The summed E-state index contributed by atoms with van der Waals surface area (Å²) in [5, 5.41) is 3.58. The van der Waals surface area contributed by atoms with Crippen molar-refractivity contribution in [2.45, 2.75) is 50.0 Å². The normalized spacial score (nSPS) is 23.5. The molecule has 1 atom stereocenters. The van der Waals surface area contributed by atoms with Gasteiger partial charge in [-0.15, -0.1) is 0 Å². The molecule has 0 spiro atoms. The summed E-state index contributed by atoms with van der Waals surface area (Å²) in [5.74, 6) is 4.29. The Morgan fingerprint density at radius 3 is 2.71 bits per heavy atom.